The van der Waals surface area contributed by atoms with Gasteiger partial charge in [-0.2, -0.15) is 0 Å². The molecule has 104 valence electrons. The fourth-order valence-corrected chi connectivity index (χ4v) is 2.30. The monoisotopic (exact) mass is 293 g/mol. The number of carbonyl (C=O) groups is 2. The number of aromatic nitrogens is 2. The van der Waals surface area contributed by atoms with Crippen molar-refractivity contribution in [3.8, 4) is 0 Å². The molecule has 0 aliphatic carbocycles. The van der Waals surface area contributed by atoms with Gasteiger partial charge in [0.1, 0.15) is 6.54 Å². The highest BCUT2D eigenvalue weighted by Gasteiger charge is 2.10. The number of pyridine rings is 1. The predicted molar refractivity (Wildman–Crippen MR) is 73.1 cm³/mol. The van der Waals surface area contributed by atoms with Crippen LogP contribution in [0.15, 0.2) is 28.6 Å². The zero-order chi connectivity index (χ0) is 14.7. The Balaban J connectivity index is 2.11. The molecule has 8 heteroatoms. The van der Waals surface area contributed by atoms with Gasteiger partial charge in [0, 0.05) is 17.3 Å². The fraction of sp³-hybridized carbons (Fsp3) is 0.167. The van der Waals surface area contributed by atoms with E-state index in [1.165, 1.54) is 23.0 Å². The molecule has 0 unspecified atom stereocenters. The van der Waals surface area contributed by atoms with E-state index in [2.05, 4.69) is 10.3 Å². The molecule has 7 nitrogen and oxygen atoms in total. The number of carbonyl (C=O) groups excluding carboxylic acids is 1. The molecule has 0 fully saturated rings. The number of aromatic carboxylic acids is 1. The molecular formula is C12H11N3O4S. The van der Waals surface area contributed by atoms with E-state index in [0.29, 0.717) is 5.69 Å². The van der Waals surface area contributed by atoms with E-state index < -0.39 is 11.9 Å². The molecule has 0 spiro atoms. The number of carboxylic acid groups (broad SMARTS) is 1. The molecule has 0 atom stereocenters. The number of amides is 1. The van der Waals surface area contributed by atoms with Crippen molar-refractivity contribution < 1.29 is 14.7 Å². The first-order chi connectivity index (χ1) is 9.47. The maximum Gasteiger partial charge on any atom is 0.337 e. The summed E-state index contributed by atoms with van der Waals surface area (Å²) in [6, 6.07) is 1.30. The highest BCUT2D eigenvalue weighted by Crippen LogP contribution is 2.09. The van der Waals surface area contributed by atoms with Crippen molar-refractivity contribution in [2.24, 2.45) is 0 Å². The summed E-state index contributed by atoms with van der Waals surface area (Å²) in [5.74, 6) is -1.54. The highest BCUT2D eigenvalue weighted by molar-refractivity contribution is 7.07. The molecule has 0 radical (unpaired) electrons. The van der Waals surface area contributed by atoms with E-state index in [1.54, 1.807) is 12.3 Å². The van der Waals surface area contributed by atoms with E-state index in [-0.39, 0.29) is 22.7 Å². The van der Waals surface area contributed by atoms with E-state index in [1.807, 2.05) is 0 Å². The number of carboxylic acids is 1. The minimum atomic E-state index is -1.13. The molecule has 2 aromatic heterocycles. The summed E-state index contributed by atoms with van der Waals surface area (Å²) in [7, 11) is 0. The average Bonchev–Trinajstić information content (AvgIpc) is 2.71. The van der Waals surface area contributed by atoms with Gasteiger partial charge in [0.05, 0.1) is 17.4 Å². The number of nitrogens with one attached hydrogen (secondary N) is 1. The maximum absolute atomic E-state index is 11.8. The van der Waals surface area contributed by atoms with Gasteiger partial charge in [0.15, 0.2) is 0 Å². The second kappa shape index (κ2) is 5.66. The average molecular weight is 293 g/mol. The first-order valence-corrected chi connectivity index (χ1v) is 6.48. The number of hydrogen-bond donors (Lipinski definition) is 2. The molecule has 2 aromatic rings. The van der Waals surface area contributed by atoms with Gasteiger partial charge < -0.3 is 10.4 Å². The standard InChI is InChI=1S/C12H11N3O4S/c1-7-6-20-12(19)15(7)5-10(16)14-9-2-8(11(17)18)3-13-4-9/h2-4,6H,5H2,1H3,(H,14,16)(H,17,18). The van der Waals surface area contributed by atoms with Crippen LogP contribution in [0.2, 0.25) is 0 Å². The van der Waals surface area contributed by atoms with Crippen LogP contribution in [-0.2, 0) is 11.3 Å². The van der Waals surface area contributed by atoms with Crippen LogP contribution in [0.4, 0.5) is 5.69 Å². The zero-order valence-corrected chi connectivity index (χ0v) is 11.3. The summed E-state index contributed by atoms with van der Waals surface area (Å²) < 4.78 is 1.34. The van der Waals surface area contributed by atoms with Crippen LogP contribution in [0.1, 0.15) is 16.1 Å². The van der Waals surface area contributed by atoms with Gasteiger partial charge in [-0.25, -0.2) is 4.79 Å². The molecule has 2 heterocycles. The lowest BCUT2D eigenvalue weighted by Crippen LogP contribution is -2.25. The predicted octanol–water partition coefficient (Wildman–Crippen LogP) is 0.950. The minimum absolute atomic E-state index is 0.0216. The Kier molecular flexibility index (Phi) is 3.94. The molecule has 0 bridgehead atoms. The van der Waals surface area contributed by atoms with Crippen LogP contribution in [0.5, 0.6) is 0 Å². The van der Waals surface area contributed by atoms with Crippen LogP contribution in [0, 0.1) is 6.92 Å². The Morgan fingerprint density at radius 2 is 2.20 bits per heavy atom. The van der Waals surface area contributed by atoms with Crippen molar-refractivity contribution in [2.45, 2.75) is 13.5 Å². The number of nitrogens with zero attached hydrogens (tertiary/aromatic N) is 2. The molecule has 1 amide bonds. The topological polar surface area (TPSA) is 101 Å². The lowest BCUT2D eigenvalue weighted by molar-refractivity contribution is -0.116. The third-order valence-corrected chi connectivity index (χ3v) is 3.43. The first kappa shape index (κ1) is 13.9. The number of hydrogen-bond acceptors (Lipinski definition) is 5. The van der Waals surface area contributed by atoms with Gasteiger partial charge in [0.2, 0.25) is 5.91 Å². The Labute approximate surface area is 117 Å². The Morgan fingerprint density at radius 1 is 1.45 bits per heavy atom. The van der Waals surface area contributed by atoms with E-state index in [4.69, 9.17) is 5.11 Å². The third kappa shape index (κ3) is 3.09. The summed E-state index contributed by atoms with van der Waals surface area (Å²) in [5.41, 5.74) is 0.954. The van der Waals surface area contributed by atoms with Crippen LogP contribution >= 0.6 is 11.3 Å². The van der Waals surface area contributed by atoms with Crippen LogP contribution in [0.3, 0.4) is 0 Å². The molecule has 0 aliphatic rings. The normalized spacial score (nSPS) is 10.2. The number of aryl methyl sites for hydroxylation is 1. The zero-order valence-electron chi connectivity index (χ0n) is 10.5. The third-order valence-electron chi connectivity index (χ3n) is 2.55. The molecule has 2 N–H and O–H groups in total. The van der Waals surface area contributed by atoms with Gasteiger partial charge >= 0.3 is 10.8 Å². The lowest BCUT2D eigenvalue weighted by atomic mass is 10.2. The van der Waals surface area contributed by atoms with E-state index in [0.717, 1.165) is 11.3 Å². The van der Waals surface area contributed by atoms with E-state index in [9.17, 15) is 14.4 Å². The fourth-order valence-electron chi connectivity index (χ4n) is 1.57. The smallest absolute Gasteiger partial charge is 0.337 e. The molecular weight excluding hydrogens is 282 g/mol. The highest BCUT2D eigenvalue weighted by atomic mass is 32.1. The SMILES string of the molecule is Cc1csc(=O)n1CC(=O)Nc1cncc(C(=O)O)c1. The summed E-state index contributed by atoms with van der Waals surface area (Å²) >= 11 is 1.02. The number of anilines is 1. The largest absolute Gasteiger partial charge is 0.478 e. The first-order valence-electron chi connectivity index (χ1n) is 5.60. The number of rotatable bonds is 4. The molecule has 20 heavy (non-hydrogen) atoms. The van der Waals surface area contributed by atoms with Crippen molar-refractivity contribution >= 4 is 28.9 Å². The Hall–Kier alpha value is -2.48. The second-order valence-electron chi connectivity index (χ2n) is 4.04. The van der Waals surface area contributed by atoms with Gasteiger partial charge in [-0.1, -0.05) is 11.3 Å². The van der Waals surface area contributed by atoms with Crippen molar-refractivity contribution in [3.05, 3.63) is 44.8 Å². The molecule has 2 rings (SSSR count). The summed E-state index contributed by atoms with van der Waals surface area (Å²) in [6.45, 7) is 1.61. The summed E-state index contributed by atoms with van der Waals surface area (Å²) in [4.78, 5) is 37.6. The van der Waals surface area contributed by atoms with Gasteiger partial charge in [-0.3, -0.25) is 19.1 Å². The maximum atomic E-state index is 11.8. The second-order valence-corrected chi connectivity index (χ2v) is 4.87. The molecule has 0 aromatic carbocycles. The Bertz CT molecular complexity index is 719. The van der Waals surface area contributed by atoms with Crippen LogP contribution < -0.4 is 10.2 Å². The molecule has 0 saturated heterocycles. The van der Waals surface area contributed by atoms with Crippen molar-refractivity contribution in [1.82, 2.24) is 9.55 Å². The summed E-state index contributed by atoms with van der Waals surface area (Å²) in [6.07, 6.45) is 2.53. The lowest BCUT2D eigenvalue weighted by Gasteiger charge is -2.07. The Morgan fingerprint density at radius 3 is 2.80 bits per heavy atom. The molecule has 0 aliphatic heterocycles. The van der Waals surface area contributed by atoms with Crippen molar-refractivity contribution in [3.63, 3.8) is 0 Å². The quantitative estimate of drug-likeness (QED) is 0.874. The van der Waals surface area contributed by atoms with E-state index >= 15 is 0 Å². The molecule has 0 saturated carbocycles. The van der Waals surface area contributed by atoms with Crippen molar-refractivity contribution in [2.75, 3.05) is 5.32 Å². The summed E-state index contributed by atoms with van der Waals surface area (Å²) in [5, 5.41) is 13.0. The number of thiazole rings is 1. The van der Waals surface area contributed by atoms with Gasteiger partial charge in [-0.05, 0) is 13.0 Å². The van der Waals surface area contributed by atoms with Gasteiger partial charge in [-0.15, -0.1) is 0 Å². The minimum Gasteiger partial charge on any atom is -0.478 e. The van der Waals surface area contributed by atoms with Gasteiger partial charge in [0.25, 0.3) is 0 Å². The van der Waals surface area contributed by atoms with Crippen molar-refractivity contribution in [1.29, 1.82) is 0 Å². The van der Waals surface area contributed by atoms with Crippen LogP contribution in [-0.4, -0.2) is 26.5 Å². The van der Waals surface area contributed by atoms with Crippen LogP contribution in [0.25, 0.3) is 0 Å².